The molecule has 0 aromatic carbocycles. The molecular formula is C59H113NO5. The molecule has 384 valence electrons. The number of rotatable bonds is 53. The third-order valence-electron chi connectivity index (χ3n) is 13.6. The van der Waals surface area contributed by atoms with Crippen molar-refractivity contribution >= 4 is 5.91 Å². The second-order valence-electron chi connectivity index (χ2n) is 20.0. The number of carbonyl (C=O) groups is 1. The highest BCUT2D eigenvalue weighted by molar-refractivity contribution is 5.80. The van der Waals surface area contributed by atoms with E-state index < -0.39 is 36.9 Å². The topological polar surface area (TPSA) is 110 Å². The van der Waals surface area contributed by atoms with Crippen molar-refractivity contribution in [1.29, 1.82) is 0 Å². The third kappa shape index (κ3) is 47.4. The van der Waals surface area contributed by atoms with Crippen LogP contribution in [-0.4, -0.2) is 57.3 Å². The number of hydrogen-bond donors (Lipinski definition) is 5. The highest BCUT2D eigenvalue weighted by Gasteiger charge is 2.28. The lowest BCUT2D eigenvalue weighted by Crippen LogP contribution is -2.53. The number of allylic oxidation sites excluding steroid dienone is 6. The Hall–Kier alpha value is -1.47. The Bertz CT molecular complexity index is 1030. The van der Waals surface area contributed by atoms with Gasteiger partial charge >= 0.3 is 0 Å². The second-order valence-corrected chi connectivity index (χ2v) is 20.0. The summed E-state index contributed by atoms with van der Waals surface area (Å²) in [5.41, 5.74) is 0. The first-order chi connectivity index (χ1) is 32.0. The summed E-state index contributed by atoms with van der Waals surface area (Å²) in [5, 5.41) is 43.9. The van der Waals surface area contributed by atoms with E-state index in [4.69, 9.17) is 0 Å². The summed E-state index contributed by atoms with van der Waals surface area (Å²) in [6.07, 6.45) is 66.5. The summed E-state index contributed by atoms with van der Waals surface area (Å²) in [4.78, 5) is 12.6. The van der Waals surface area contributed by atoms with Crippen molar-refractivity contribution in [2.75, 3.05) is 6.61 Å². The first kappa shape index (κ1) is 63.5. The van der Waals surface area contributed by atoms with Crippen molar-refractivity contribution in [2.45, 2.75) is 327 Å². The van der Waals surface area contributed by atoms with Crippen LogP contribution in [0.5, 0.6) is 0 Å². The van der Waals surface area contributed by atoms with Crippen LogP contribution in [0.2, 0.25) is 0 Å². The molecule has 0 saturated carbocycles. The zero-order valence-corrected chi connectivity index (χ0v) is 43.5. The first-order valence-corrected chi connectivity index (χ1v) is 28.9. The van der Waals surface area contributed by atoms with Crippen LogP contribution in [0.15, 0.2) is 36.5 Å². The summed E-state index contributed by atoms with van der Waals surface area (Å²) >= 11 is 0. The molecule has 0 aliphatic heterocycles. The van der Waals surface area contributed by atoms with Crippen LogP contribution in [0, 0.1) is 0 Å². The van der Waals surface area contributed by atoms with Crippen LogP contribution in [0.3, 0.4) is 0 Å². The van der Waals surface area contributed by atoms with E-state index in [9.17, 15) is 25.2 Å². The predicted octanol–water partition coefficient (Wildman–Crippen LogP) is 16.8. The predicted molar refractivity (Wildman–Crippen MR) is 284 cm³/mol. The van der Waals surface area contributed by atoms with Crippen molar-refractivity contribution in [3.05, 3.63) is 36.5 Å². The molecule has 0 aromatic heterocycles. The quantitative estimate of drug-likeness (QED) is 0.0308. The molecule has 0 radical (unpaired) electrons. The fourth-order valence-corrected chi connectivity index (χ4v) is 9.01. The lowest BCUT2D eigenvalue weighted by Gasteiger charge is -2.27. The van der Waals surface area contributed by atoms with E-state index in [2.05, 4.69) is 55.6 Å². The van der Waals surface area contributed by atoms with Crippen LogP contribution >= 0.6 is 0 Å². The number of amides is 1. The molecule has 0 spiro atoms. The monoisotopic (exact) mass is 916 g/mol. The zero-order chi connectivity index (χ0) is 47.4. The van der Waals surface area contributed by atoms with Gasteiger partial charge < -0.3 is 25.7 Å². The maximum Gasteiger partial charge on any atom is 0.249 e. The van der Waals surface area contributed by atoms with Gasteiger partial charge in [0.05, 0.1) is 18.8 Å². The van der Waals surface area contributed by atoms with Gasteiger partial charge in [0.2, 0.25) is 5.91 Å². The van der Waals surface area contributed by atoms with Gasteiger partial charge in [0.1, 0.15) is 12.2 Å². The molecule has 0 saturated heterocycles. The number of aliphatic hydroxyl groups excluding tert-OH is 4. The molecule has 5 N–H and O–H groups in total. The molecule has 4 atom stereocenters. The van der Waals surface area contributed by atoms with Gasteiger partial charge in [-0.3, -0.25) is 4.79 Å². The third-order valence-corrected chi connectivity index (χ3v) is 13.6. The Morgan fingerprint density at radius 1 is 0.369 bits per heavy atom. The van der Waals surface area contributed by atoms with E-state index >= 15 is 0 Å². The Balaban J connectivity index is 3.68. The van der Waals surface area contributed by atoms with Gasteiger partial charge in [-0.25, -0.2) is 0 Å². The average Bonchev–Trinajstić information content (AvgIpc) is 3.31. The second kappa shape index (κ2) is 53.5. The van der Waals surface area contributed by atoms with E-state index in [-0.39, 0.29) is 0 Å². The molecule has 0 rings (SSSR count). The van der Waals surface area contributed by atoms with Gasteiger partial charge in [0, 0.05) is 0 Å². The minimum absolute atomic E-state index is 0.353. The Morgan fingerprint density at radius 2 is 0.646 bits per heavy atom. The Labute approximate surface area is 405 Å². The highest BCUT2D eigenvalue weighted by atomic mass is 16.3. The molecule has 6 nitrogen and oxygen atoms in total. The molecule has 0 heterocycles. The summed E-state index contributed by atoms with van der Waals surface area (Å²) in [5.74, 6) is -0.599. The number of hydrogen-bond acceptors (Lipinski definition) is 5. The molecule has 0 bridgehead atoms. The zero-order valence-electron chi connectivity index (χ0n) is 43.5. The molecule has 0 fully saturated rings. The molecule has 1 amide bonds. The van der Waals surface area contributed by atoms with Gasteiger partial charge in [-0.15, -0.1) is 0 Å². The number of aliphatic hydroxyl groups is 4. The van der Waals surface area contributed by atoms with Crippen LogP contribution < -0.4 is 5.32 Å². The lowest BCUT2D eigenvalue weighted by atomic mass is 10.00. The van der Waals surface area contributed by atoms with Gasteiger partial charge in [0.15, 0.2) is 0 Å². The number of carbonyl (C=O) groups excluding carboxylic acids is 1. The molecular weight excluding hydrogens is 803 g/mol. The Kier molecular flexibility index (Phi) is 52.3. The first-order valence-electron chi connectivity index (χ1n) is 28.9. The van der Waals surface area contributed by atoms with Gasteiger partial charge in [-0.05, 0) is 77.0 Å². The molecule has 6 heteroatoms. The van der Waals surface area contributed by atoms with Crippen LogP contribution in [-0.2, 0) is 4.79 Å². The van der Waals surface area contributed by atoms with E-state index in [1.807, 2.05) is 0 Å². The molecule has 0 aliphatic carbocycles. The highest BCUT2D eigenvalue weighted by Crippen LogP contribution is 2.17. The molecule has 65 heavy (non-hydrogen) atoms. The van der Waals surface area contributed by atoms with Crippen molar-refractivity contribution in [1.82, 2.24) is 5.32 Å². The smallest absolute Gasteiger partial charge is 0.249 e. The standard InChI is InChI=1S/C59H113NO5/c1-3-5-7-9-11-13-15-17-19-21-23-25-26-27-28-29-30-31-32-33-35-36-38-40-42-44-46-48-50-52-56(62)58(64)55(54-61)60-59(65)57(63)53-51-49-47-45-43-41-39-37-34-24-22-20-18-16-14-12-10-8-6-4-2/h34,36-38,44,46,55-58,61-64H,3-33,35,39-43,45,47-54H2,1-2H3,(H,60,65)/b37-34-,38-36+,46-44+. The summed E-state index contributed by atoms with van der Waals surface area (Å²) < 4.78 is 0. The molecule has 0 aromatic rings. The normalized spacial score (nSPS) is 14.0. The van der Waals surface area contributed by atoms with Crippen molar-refractivity contribution in [3.63, 3.8) is 0 Å². The van der Waals surface area contributed by atoms with Crippen LogP contribution in [0.25, 0.3) is 0 Å². The fourth-order valence-electron chi connectivity index (χ4n) is 9.01. The van der Waals surface area contributed by atoms with Gasteiger partial charge in [0.25, 0.3) is 0 Å². The lowest BCUT2D eigenvalue weighted by molar-refractivity contribution is -0.132. The average molecular weight is 917 g/mol. The minimum atomic E-state index is -1.29. The van der Waals surface area contributed by atoms with Gasteiger partial charge in [-0.2, -0.15) is 0 Å². The molecule has 4 unspecified atom stereocenters. The Morgan fingerprint density at radius 3 is 0.969 bits per heavy atom. The van der Waals surface area contributed by atoms with E-state index in [1.54, 1.807) is 0 Å². The largest absolute Gasteiger partial charge is 0.394 e. The van der Waals surface area contributed by atoms with E-state index in [1.165, 1.54) is 218 Å². The van der Waals surface area contributed by atoms with Crippen molar-refractivity contribution in [3.8, 4) is 0 Å². The molecule has 0 aliphatic rings. The van der Waals surface area contributed by atoms with Crippen LogP contribution in [0.4, 0.5) is 0 Å². The maximum atomic E-state index is 12.6. The number of nitrogens with one attached hydrogen (secondary N) is 1. The van der Waals surface area contributed by atoms with E-state index in [0.29, 0.717) is 19.3 Å². The fraction of sp³-hybridized carbons (Fsp3) is 0.881. The maximum absolute atomic E-state index is 12.6. The summed E-state index contributed by atoms with van der Waals surface area (Å²) in [7, 11) is 0. The number of unbranched alkanes of at least 4 members (excludes halogenated alkanes) is 38. The summed E-state index contributed by atoms with van der Waals surface area (Å²) in [6.45, 7) is 4.07. The summed E-state index contributed by atoms with van der Waals surface area (Å²) in [6, 6.07) is -1.01. The van der Waals surface area contributed by atoms with Crippen molar-refractivity contribution in [2.24, 2.45) is 0 Å². The van der Waals surface area contributed by atoms with Crippen molar-refractivity contribution < 1.29 is 25.2 Å². The van der Waals surface area contributed by atoms with E-state index in [0.717, 1.165) is 51.4 Å². The SMILES string of the molecule is CCCCCCCCCCCC/C=C\CCCCCCCCC(O)C(=O)NC(CO)C(O)C(O)CCC/C=C/CC/C=C/CCCCCCCCCCCCCCCCCCCCCC. The minimum Gasteiger partial charge on any atom is -0.394 e. The van der Waals surface area contributed by atoms with Crippen LogP contribution in [0.1, 0.15) is 303 Å². The van der Waals surface area contributed by atoms with Gasteiger partial charge in [-0.1, -0.05) is 262 Å².